The monoisotopic (exact) mass is 241 g/mol. The smallest absolute Gasteiger partial charge is 0.119 e. The second-order valence-corrected chi connectivity index (χ2v) is 5.74. The van der Waals surface area contributed by atoms with Gasteiger partial charge in [-0.05, 0) is 38.5 Å². The summed E-state index contributed by atoms with van der Waals surface area (Å²) in [5, 5.41) is 0.119. The summed E-state index contributed by atoms with van der Waals surface area (Å²) in [6.07, 6.45) is 0. The van der Waals surface area contributed by atoms with Gasteiger partial charge in [-0.1, -0.05) is 12.1 Å². The maximum absolute atomic E-state index is 11.6. The zero-order valence-electron chi connectivity index (χ0n) is 10.2. The Morgan fingerprint density at radius 3 is 2.56 bits per heavy atom. The number of rotatable bonds is 5. The molecule has 4 heteroatoms. The van der Waals surface area contributed by atoms with Crippen LogP contribution in [0.3, 0.4) is 0 Å². The second kappa shape index (κ2) is 6.01. The van der Waals surface area contributed by atoms with Gasteiger partial charge in [0.2, 0.25) is 0 Å². The molecular formula is C12H19NO2S. The van der Waals surface area contributed by atoms with Crippen LogP contribution in [0.2, 0.25) is 0 Å². The van der Waals surface area contributed by atoms with Crippen molar-refractivity contribution < 1.29 is 8.95 Å². The Labute approximate surface area is 99.8 Å². The molecule has 0 unspecified atom stereocenters. The second-order valence-electron chi connectivity index (χ2n) is 3.96. The van der Waals surface area contributed by atoms with Gasteiger partial charge in [0.05, 0.1) is 18.1 Å². The van der Waals surface area contributed by atoms with Gasteiger partial charge in [0.25, 0.3) is 0 Å². The lowest BCUT2D eigenvalue weighted by atomic mass is 10.1. The van der Waals surface area contributed by atoms with Crippen LogP contribution in [-0.4, -0.2) is 16.6 Å². The molecule has 0 radical (unpaired) electrons. The highest BCUT2D eigenvalue weighted by molar-refractivity contribution is 7.83. The first kappa shape index (κ1) is 13.2. The maximum atomic E-state index is 11.6. The van der Waals surface area contributed by atoms with Gasteiger partial charge in [0.1, 0.15) is 5.75 Å². The summed E-state index contributed by atoms with van der Waals surface area (Å²) in [6, 6.07) is 7.84. The van der Waals surface area contributed by atoms with Crippen molar-refractivity contribution in [3.05, 3.63) is 29.8 Å². The van der Waals surface area contributed by atoms with Crippen LogP contribution in [0.25, 0.3) is 0 Å². The molecule has 90 valence electrons. The van der Waals surface area contributed by atoms with Crippen molar-refractivity contribution in [2.45, 2.75) is 32.1 Å². The molecule has 1 rings (SSSR count). The molecule has 0 fully saturated rings. The normalized spacial score (nSPS) is 14.8. The number of ether oxygens (including phenoxy) is 1. The van der Waals surface area contributed by atoms with Crippen molar-refractivity contribution in [2.75, 3.05) is 7.11 Å². The lowest BCUT2D eigenvalue weighted by molar-refractivity contribution is 0.414. The molecule has 0 aromatic heterocycles. The minimum absolute atomic E-state index is 0.0540. The molecule has 0 spiro atoms. The molecule has 1 aromatic carbocycles. The number of methoxy groups -OCH3 is 1. The molecular weight excluding hydrogens is 222 g/mol. The van der Waals surface area contributed by atoms with Gasteiger partial charge in [0.15, 0.2) is 0 Å². The third-order valence-corrected chi connectivity index (χ3v) is 3.76. The Morgan fingerprint density at radius 1 is 1.31 bits per heavy atom. The molecule has 0 amide bonds. The molecule has 0 aliphatic rings. The Hall–Kier alpha value is -0.870. The van der Waals surface area contributed by atoms with E-state index in [1.807, 2.05) is 45.0 Å². The van der Waals surface area contributed by atoms with E-state index in [1.54, 1.807) is 7.11 Å². The summed E-state index contributed by atoms with van der Waals surface area (Å²) in [7, 11) is 0.641. The van der Waals surface area contributed by atoms with Gasteiger partial charge in [-0.2, -0.15) is 0 Å². The summed E-state index contributed by atoms with van der Waals surface area (Å²) in [5.41, 5.74) is 1.08. The van der Waals surface area contributed by atoms with E-state index in [9.17, 15) is 4.21 Å². The number of benzene rings is 1. The lowest BCUT2D eigenvalue weighted by Crippen LogP contribution is -2.26. The third-order valence-electron chi connectivity index (χ3n) is 2.31. The van der Waals surface area contributed by atoms with E-state index in [2.05, 4.69) is 4.72 Å². The average Bonchev–Trinajstić information content (AvgIpc) is 2.28. The number of nitrogens with one attached hydrogen (secondary N) is 1. The minimum Gasteiger partial charge on any atom is -0.497 e. The predicted octanol–water partition coefficient (Wildman–Crippen LogP) is 2.42. The SMILES string of the molecule is COc1cccc([C@@H](C)N[S@@](=O)C(C)C)c1. The van der Waals surface area contributed by atoms with Crippen molar-refractivity contribution in [1.29, 1.82) is 0 Å². The highest BCUT2D eigenvalue weighted by atomic mass is 32.2. The molecule has 0 heterocycles. The summed E-state index contributed by atoms with van der Waals surface area (Å²) in [4.78, 5) is 0. The standard InChI is InChI=1S/C12H19NO2S/c1-9(2)16(14)13-10(3)11-6-5-7-12(8-11)15-4/h5-10,13H,1-4H3/t10-,16+/m1/s1. The minimum atomic E-state index is -1.00. The van der Waals surface area contributed by atoms with Crippen LogP contribution in [0.4, 0.5) is 0 Å². The van der Waals surface area contributed by atoms with Crippen molar-refractivity contribution >= 4 is 11.0 Å². The molecule has 0 saturated carbocycles. The summed E-state index contributed by atoms with van der Waals surface area (Å²) < 4.78 is 19.9. The van der Waals surface area contributed by atoms with Crippen LogP contribution in [0.1, 0.15) is 32.4 Å². The zero-order chi connectivity index (χ0) is 12.1. The fraction of sp³-hybridized carbons (Fsp3) is 0.500. The summed E-state index contributed by atoms with van der Waals surface area (Å²) in [5.74, 6) is 0.821. The molecule has 16 heavy (non-hydrogen) atoms. The largest absolute Gasteiger partial charge is 0.497 e. The van der Waals surface area contributed by atoms with Crippen LogP contribution in [0.15, 0.2) is 24.3 Å². The molecule has 0 aliphatic carbocycles. The van der Waals surface area contributed by atoms with Gasteiger partial charge in [0, 0.05) is 11.3 Å². The fourth-order valence-electron chi connectivity index (χ4n) is 1.29. The summed E-state index contributed by atoms with van der Waals surface area (Å²) in [6.45, 7) is 5.86. The zero-order valence-corrected chi connectivity index (χ0v) is 11.0. The number of hydrogen-bond acceptors (Lipinski definition) is 2. The van der Waals surface area contributed by atoms with Crippen molar-refractivity contribution in [3.63, 3.8) is 0 Å². The molecule has 0 saturated heterocycles. The number of hydrogen-bond donors (Lipinski definition) is 1. The van der Waals surface area contributed by atoms with Gasteiger partial charge in [-0.15, -0.1) is 0 Å². The van der Waals surface area contributed by atoms with Gasteiger partial charge < -0.3 is 4.74 Å². The third kappa shape index (κ3) is 3.61. The molecule has 3 nitrogen and oxygen atoms in total. The van der Waals surface area contributed by atoms with Crippen LogP contribution in [-0.2, 0) is 11.0 Å². The van der Waals surface area contributed by atoms with Crippen LogP contribution in [0, 0.1) is 0 Å². The topological polar surface area (TPSA) is 38.3 Å². The first-order valence-electron chi connectivity index (χ1n) is 5.35. The maximum Gasteiger partial charge on any atom is 0.119 e. The summed E-state index contributed by atoms with van der Waals surface area (Å²) >= 11 is 0. The molecule has 2 atom stereocenters. The van der Waals surface area contributed by atoms with Gasteiger partial charge in [-0.25, -0.2) is 8.93 Å². The molecule has 0 aliphatic heterocycles. The van der Waals surface area contributed by atoms with Gasteiger partial charge >= 0.3 is 0 Å². The first-order chi connectivity index (χ1) is 7.54. The Morgan fingerprint density at radius 2 is 2.00 bits per heavy atom. The Kier molecular flexibility index (Phi) is 4.96. The van der Waals surface area contributed by atoms with E-state index >= 15 is 0 Å². The molecule has 0 bridgehead atoms. The van der Waals surface area contributed by atoms with E-state index in [0.29, 0.717) is 0 Å². The quantitative estimate of drug-likeness (QED) is 0.859. The van der Waals surface area contributed by atoms with Crippen molar-refractivity contribution in [2.24, 2.45) is 0 Å². The predicted molar refractivity (Wildman–Crippen MR) is 67.8 cm³/mol. The van der Waals surface area contributed by atoms with Crippen LogP contribution >= 0.6 is 0 Å². The lowest BCUT2D eigenvalue weighted by Gasteiger charge is -2.16. The van der Waals surface area contributed by atoms with Crippen LogP contribution < -0.4 is 9.46 Å². The Bertz CT molecular complexity index is 366. The van der Waals surface area contributed by atoms with E-state index < -0.39 is 11.0 Å². The first-order valence-corrected chi connectivity index (χ1v) is 6.56. The van der Waals surface area contributed by atoms with Crippen molar-refractivity contribution in [3.8, 4) is 5.75 Å². The fourth-order valence-corrected chi connectivity index (χ4v) is 2.05. The Balaban J connectivity index is 2.72. The van der Waals surface area contributed by atoms with Crippen LogP contribution in [0.5, 0.6) is 5.75 Å². The molecule has 1 N–H and O–H groups in total. The highest BCUT2D eigenvalue weighted by Gasteiger charge is 2.11. The van der Waals surface area contributed by atoms with E-state index in [0.717, 1.165) is 11.3 Å². The molecule has 1 aromatic rings. The van der Waals surface area contributed by atoms with E-state index in [4.69, 9.17) is 4.74 Å². The van der Waals surface area contributed by atoms with Gasteiger partial charge in [-0.3, -0.25) is 0 Å². The average molecular weight is 241 g/mol. The van der Waals surface area contributed by atoms with Crippen molar-refractivity contribution in [1.82, 2.24) is 4.72 Å². The highest BCUT2D eigenvalue weighted by Crippen LogP contribution is 2.19. The van der Waals surface area contributed by atoms with E-state index in [-0.39, 0.29) is 11.3 Å². The van der Waals surface area contributed by atoms with E-state index in [1.165, 1.54) is 0 Å².